The Morgan fingerprint density at radius 2 is 2.05 bits per heavy atom. The van der Waals surface area contributed by atoms with Crippen LogP contribution in [0.4, 0.5) is 5.13 Å². The van der Waals surface area contributed by atoms with Gasteiger partial charge in [-0.3, -0.25) is 4.79 Å². The molecule has 1 amide bonds. The van der Waals surface area contributed by atoms with Crippen molar-refractivity contribution >= 4 is 22.4 Å². The fourth-order valence-corrected chi connectivity index (χ4v) is 3.17. The Morgan fingerprint density at radius 3 is 2.75 bits per heavy atom. The second kappa shape index (κ2) is 5.73. The number of hydrogen-bond acceptors (Lipinski definition) is 4. The molecular formula is C15H17N3OS. The van der Waals surface area contributed by atoms with Crippen LogP contribution in [0.5, 0.6) is 0 Å². The van der Waals surface area contributed by atoms with Gasteiger partial charge in [0, 0.05) is 18.2 Å². The Morgan fingerprint density at radius 1 is 1.30 bits per heavy atom. The third kappa shape index (κ3) is 2.73. The van der Waals surface area contributed by atoms with Crippen LogP contribution in [-0.2, 0) is 4.79 Å². The summed E-state index contributed by atoms with van der Waals surface area (Å²) >= 11 is 1.51. The van der Waals surface area contributed by atoms with Crippen LogP contribution in [0.3, 0.4) is 0 Å². The fourth-order valence-electron chi connectivity index (χ4n) is 2.34. The molecule has 3 rings (SSSR count). The number of rotatable bonds is 4. The van der Waals surface area contributed by atoms with Gasteiger partial charge >= 0.3 is 0 Å². The zero-order valence-corrected chi connectivity index (χ0v) is 12.1. The number of amides is 1. The minimum absolute atomic E-state index is 0.0884. The van der Waals surface area contributed by atoms with Crippen LogP contribution in [-0.4, -0.2) is 24.0 Å². The van der Waals surface area contributed by atoms with Gasteiger partial charge in [-0.2, -0.15) is 0 Å². The van der Waals surface area contributed by atoms with Gasteiger partial charge in [-0.25, -0.2) is 4.98 Å². The van der Waals surface area contributed by atoms with Gasteiger partial charge in [0.25, 0.3) is 0 Å². The number of nitrogens with one attached hydrogen (secondary N) is 2. The third-order valence-electron chi connectivity index (χ3n) is 3.71. The largest absolute Gasteiger partial charge is 0.317 e. The van der Waals surface area contributed by atoms with Crippen molar-refractivity contribution in [2.24, 2.45) is 5.92 Å². The third-order valence-corrected chi connectivity index (χ3v) is 4.67. The summed E-state index contributed by atoms with van der Waals surface area (Å²) in [5, 5.41) is 6.78. The number of aromatic nitrogens is 1. The van der Waals surface area contributed by atoms with Crippen LogP contribution in [0.25, 0.3) is 10.4 Å². The molecule has 1 saturated carbocycles. The molecule has 5 heteroatoms. The molecule has 1 aliphatic rings. The minimum Gasteiger partial charge on any atom is -0.317 e. The van der Waals surface area contributed by atoms with Crippen molar-refractivity contribution in [1.29, 1.82) is 0 Å². The maximum atomic E-state index is 12.0. The average Bonchev–Trinajstić information content (AvgIpc) is 2.87. The molecule has 1 heterocycles. The highest BCUT2D eigenvalue weighted by molar-refractivity contribution is 7.19. The Hall–Kier alpha value is -1.72. The molecule has 0 radical (unpaired) electrons. The molecule has 0 aliphatic heterocycles. The van der Waals surface area contributed by atoms with Crippen LogP contribution in [0.1, 0.15) is 12.8 Å². The lowest BCUT2D eigenvalue weighted by Gasteiger charge is -2.33. The summed E-state index contributed by atoms with van der Waals surface area (Å²) < 4.78 is 0. The lowest BCUT2D eigenvalue weighted by Crippen LogP contribution is -2.44. The average molecular weight is 287 g/mol. The maximum Gasteiger partial charge on any atom is 0.229 e. The summed E-state index contributed by atoms with van der Waals surface area (Å²) in [4.78, 5) is 17.4. The molecule has 0 saturated heterocycles. The standard InChI is InChI=1S/C15H17N3OS/c1-16-12-7-11(8-12)14(19)18-15-17-9-13(20-15)10-5-3-2-4-6-10/h2-6,9,11-12,16H,7-8H2,1H3,(H,17,18,19). The minimum atomic E-state index is 0.0884. The monoisotopic (exact) mass is 287 g/mol. The zero-order valence-electron chi connectivity index (χ0n) is 11.3. The predicted octanol–water partition coefficient (Wildman–Crippen LogP) is 2.75. The van der Waals surface area contributed by atoms with Crippen molar-refractivity contribution in [3.63, 3.8) is 0 Å². The number of hydrogen-bond donors (Lipinski definition) is 2. The lowest BCUT2D eigenvalue weighted by molar-refractivity contribution is -0.122. The Bertz CT molecular complexity index is 590. The highest BCUT2D eigenvalue weighted by atomic mass is 32.1. The SMILES string of the molecule is CNC1CC(C(=O)Nc2ncc(-c3ccccc3)s2)C1. The highest BCUT2D eigenvalue weighted by Gasteiger charge is 2.33. The van der Waals surface area contributed by atoms with E-state index in [1.54, 1.807) is 0 Å². The summed E-state index contributed by atoms with van der Waals surface area (Å²) in [5.74, 6) is 0.210. The van der Waals surface area contributed by atoms with E-state index in [1.807, 2.05) is 43.6 Å². The molecule has 0 bridgehead atoms. The number of benzene rings is 1. The van der Waals surface area contributed by atoms with Crippen LogP contribution in [0.2, 0.25) is 0 Å². The summed E-state index contributed by atoms with van der Waals surface area (Å²) in [5.41, 5.74) is 1.13. The van der Waals surface area contributed by atoms with Crippen molar-refractivity contribution in [3.8, 4) is 10.4 Å². The molecular weight excluding hydrogens is 270 g/mol. The smallest absolute Gasteiger partial charge is 0.229 e. The van der Waals surface area contributed by atoms with Crippen molar-refractivity contribution in [1.82, 2.24) is 10.3 Å². The van der Waals surface area contributed by atoms with Crippen LogP contribution < -0.4 is 10.6 Å². The first-order valence-electron chi connectivity index (χ1n) is 6.75. The summed E-state index contributed by atoms with van der Waals surface area (Å²) in [7, 11) is 1.94. The van der Waals surface area contributed by atoms with Crippen molar-refractivity contribution in [2.75, 3.05) is 12.4 Å². The molecule has 2 N–H and O–H groups in total. The summed E-state index contributed by atoms with van der Waals surface area (Å²) in [6.07, 6.45) is 3.64. The molecule has 1 fully saturated rings. The number of nitrogens with zero attached hydrogens (tertiary/aromatic N) is 1. The van der Waals surface area contributed by atoms with Gasteiger partial charge in [-0.1, -0.05) is 41.7 Å². The molecule has 20 heavy (non-hydrogen) atoms. The number of anilines is 1. The van der Waals surface area contributed by atoms with E-state index in [-0.39, 0.29) is 11.8 Å². The highest BCUT2D eigenvalue weighted by Crippen LogP contribution is 2.31. The second-order valence-corrected chi connectivity index (χ2v) is 6.07. The number of carbonyl (C=O) groups is 1. The first kappa shape index (κ1) is 13.3. The molecule has 104 valence electrons. The Kier molecular flexibility index (Phi) is 3.80. The van der Waals surface area contributed by atoms with Gasteiger partial charge in [-0.05, 0) is 25.5 Å². The van der Waals surface area contributed by atoms with E-state index in [1.165, 1.54) is 11.3 Å². The zero-order chi connectivity index (χ0) is 13.9. The maximum absolute atomic E-state index is 12.0. The Labute approximate surface area is 122 Å². The number of carbonyl (C=O) groups excluding carboxylic acids is 1. The lowest BCUT2D eigenvalue weighted by atomic mass is 9.80. The molecule has 0 atom stereocenters. The molecule has 4 nitrogen and oxygen atoms in total. The molecule has 0 spiro atoms. The van der Waals surface area contributed by atoms with Crippen molar-refractivity contribution in [3.05, 3.63) is 36.5 Å². The van der Waals surface area contributed by atoms with Gasteiger partial charge in [0.05, 0.1) is 4.88 Å². The van der Waals surface area contributed by atoms with E-state index in [0.717, 1.165) is 23.3 Å². The van der Waals surface area contributed by atoms with E-state index >= 15 is 0 Å². The van der Waals surface area contributed by atoms with E-state index in [0.29, 0.717) is 11.2 Å². The van der Waals surface area contributed by atoms with Crippen LogP contribution in [0, 0.1) is 5.92 Å². The summed E-state index contributed by atoms with van der Waals surface area (Å²) in [6, 6.07) is 10.6. The van der Waals surface area contributed by atoms with Crippen molar-refractivity contribution in [2.45, 2.75) is 18.9 Å². The van der Waals surface area contributed by atoms with Gasteiger partial charge in [0.15, 0.2) is 5.13 Å². The molecule has 2 aromatic rings. The quantitative estimate of drug-likeness (QED) is 0.909. The Balaban J connectivity index is 1.62. The van der Waals surface area contributed by atoms with Gasteiger partial charge in [0.2, 0.25) is 5.91 Å². The first-order chi connectivity index (χ1) is 9.76. The molecule has 0 unspecified atom stereocenters. The van der Waals surface area contributed by atoms with Gasteiger partial charge in [-0.15, -0.1) is 0 Å². The predicted molar refractivity (Wildman–Crippen MR) is 81.8 cm³/mol. The second-order valence-electron chi connectivity index (χ2n) is 5.04. The number of thiazole rings is 1. The molecule has 1 aliphatic carbocycles. The topological polar surface area (TPSA) is 54.0 Å². The van der Waals surface area contributed by atoms with Crippen LogP contribution >= 0.6 is 11.3 Å². The van der Waals surface area contributed by atoms with E-state index in [2.05, 4.69) is 15.6 Å². The van der Waals surface area contributed by atoms with E-state index < -0.39 is 0 Å². The van der Waals surface area contributed by atoms with Crippen molar-refractivity contribution < 1.29 is 4.79 Å². The molecule has 1 aromatic heterocycles. The van der Waals surface area contributed by atoms with Gasteiger partial charge < -0.3 is 10.6 Å². The van der Waals surface area contributed by atoms with E-state index in [9.17, 15) is 4.79 Å². The van der Waals surface area contributed by atoms with Gasteiger partial charge in [0.1, 0.15) is 0 Å². The first-order valence-corrected chi connectivity index (χ1v) is 7.57. The molecule has 1 aromatic carbocycles. The summed E-state index contributed by atoms with van der Waals surface area (Å²) in [6.45, 7) is 0. The van der Waals surface area contributed by atoms with Crippen LogP contribution in [0.15, 0.2) is 36.5 Å². The van der Waals surface area contributed by atoms with E-state index in [4.69, 9.17) is 0 Å². The fraction of sp³-hybridized carbons (Fsp3) is 0.333. The normalized spacial score (nSPS) is 21.2.